The number of aliphatic hydroxyl groups is 4. The van der Waals surface area contributed by atoms with E-state index in [4.69, 9.17) is 0 Å². The first kappa shape index (κ1) is 46.3. The van der Waals surface area contributed by atoms with Crippen molar-refractivity contribution < 1.29 is 25.2 Å². The third-order valence-electron chi connectivity index (χ3n) is 10.1. The van der Waals surface area contributed by atoms with E-state index in [-0.39, 0.29) is 0 Å². The van der Waals surface area contributed by atoms with Crippen molar-refractivity contribution in [2.45, 2.75) is 250 Å². The van der Waals surface area contributed by atoms with Crippen molar-refractivity contribution in [1.82, 2.24) is 5.32 Å². The molecule has 47 heavy (non-hydrogen) atoms. The van der Waals surface area contributed by atoms with Gasteiger partial charge in [-0.1, -0.05) is 213 Å². The Morgan fingerprint density at radius 3 is 1.02 bits per heavy atom. The molecular weight excluding hydrogens is 586 g/mol. The van der Waals surface area contributed by atoms with Crippen LogP contribution in [0.25, 0.3) is 0 Å². The lowest BCUT2D eigenvalue weighted by Crippen LogP contribution is -2.53. The number of carbonyl (C=O) groups excluding carboxylic acids is 1. The fraction of sp³-hybridized carbons (Fsp3) is 0.976. The molecule has 282 valence electrons. The standard InChI is InChI=1S/C41H83NO5/c1-3-5-7-9-11-13-14-15-16-17-18-19-20-21-22-23-24-25-26-27-29-30-32-34-38(44)40(46)37(36-43)42-41(47)39(45)35-33-31-28-12-10-8-6-4-2/h37-40,43-46H,3-36H2,1-2H3,(H,42,47). The van der Waals surface area contributed by atoms with E-state index in [2.05, 4.69) is 19.2 Å². The van der Waals surface area contributed by atoms with Crippen molar-refractivity contribution in [3.63, 3.8) is 0 Å². The summed E-state index contributed by atoms with van der Waals surface area (Å²) in [6, 6.07) is -0.977. The minimum absolute atomic E-state index is 0.372. The number of hydrogen-bond donors (Lipinski definition) is 5. The van der Waals surface area contributed by atoms with Crippen molar-refractivity contribution in [3.05, 3.63) is 0 Å². The van der Waals surface area contributed by atoms with Crippen molar-refractivity contribution in [1.29, 1.82) is 0 Å². The zero-order valence-electron chi connectivity index (χ0n) is 31.5. The lowest BCUT2D eigenvalue weighted by molar-refractivity contribution is -0.132. The maximum atomic E-state index is 12.4. The van der Waals surface area contributed by atoms with Gasteiger partial charge in [-0.3, -0.25) is 4.79 Å². The number of hydrogen-bond acceptors (Lipinski definition) is 5. The summed E-state index contributed by atoms with van der Waals surface area (Å²) in [6.45, 7) is 4.01. The maximum absolute atomic E-state index is 12.4. The van der Waals surface area contributed by atoms with Gasteiger partial charge in [0.1, 0.15) is 12.2 Å². The number of amides is 1. The Kier molecular flexibility index (Phi) is 36.0. The summed E-state index contributed by atoms with van der Waals surface area (Å²) in [4.78, 5) is 12.4. The van der Waals surface area contributed by atoms with Crippen LogP contribution in [0.4, 0.5) is 0 Å². The molecule has 0 aliphatic rings. The van der Waals surface area contributed by atoms with Gasteiger partial charge in [-0.2, -0.15) is 0 Å². The molecule has 6 heteroatoms. The van der Waals surface area contributed by atoms with Gasteiger partial charge in [-0.05, 0) is 12.8 Å². The molecule has 0 rings (SSSR count). The molecule has 0 aromatic rings. The Balaban J connectivity index is 3.61. The zero-order valence-corrected chi connectivity index (χ0v) is 31.5. The van der Waals surface area contributed by atoms with Gasteiger partial charge in [-0.25, -0.2) is 0 Å². The number of rotatable bonds is 38. The predicted molar refractivity (Wildman–Crippen MR) is 201 cm³/mol. The molecule has 4 unspecified atom stereocenters. The van der Waals surface area contributed by atoms with Crippen LogP contribution in [-0.4, -0.2) is 57.3 Å². The van der Waals surface area contributed by atoms with Gasteiger partial charge < -0.3 is 25.7 Å². The van der Waals surface area contributed by atoms with E-state index in [1.165, 1.54) is 161 Å². The van der Waals surface area contributed by atoms with Crippen LogP contribution >= 0.6 is 0 Å². The van der Waals surface area contributed by atoms with Gasteiger partial charge >= 0.3 is 0 Å². The molecule has 0 saturated heterocycles. The number of unbranched alkanes of at least 4 members (excludes halogenated alkanes) is 29. The van der Waals surface area contributed by atoms with Crippen molar-refractivity contribution in [3.8, 4) is 0 Å². The molecule has 1 amide bonds. The molecule has 0 heterocycles. The minimum atomic E-state index is -1.25. The first-order valence-electron chi connectivity index (χ1n) is 20.9. The Morgan fingerprint density at radius 2 is 0.723 bits per heavy atom. The molecule has 0 radical (unpaired) electrons. The zero-order chi connectivity index (χ0) is 34.6. The molecule has 0 saturated carbocycles. The Hall–Kier alpha value is -0.690. The molecule has 5 N–H and O–H groups in total. The second kappa shape index (κ2) is 36.6. The Morgan fingerprint density at radius 1 is 0.447 bits per heavy atom. The van der Waals surface area contributed by atoms with Gasteiger partial charge in [0.15, 0.2) is 0 Å². The third kappa shape index (κ3) is 31.1. The van der Waals surface area contributed by atoms with Crippen LogP contribution in [0, 0.1) is 0 Å². The third-order valence-corrected chi connectivity index (χ3v) is 10.1. The topological polar surface area (TPSA) is 110 Å². The molecule has 0 fully saturated rings. The lowest BCUT2D eigenvalue weighted by Gasteiger charge is -2.27. The van der Waals surface area contributed by atoms with Crippen molar-refractivity contribution in [2.75, 3.05) is 6.61 Å². The average molecular weight is 670 g/mol. The lowest BCUT2D eigenvalue weighted by atomic mass is 9.99. The van der Waals surface area contributed by atoms with Crippen LogP contribution < -0.4 is 5.32 Å². The Bertz CT molecular complexity index is 633. The summed E-state index contributed by atoms with van der Waals surface area (Å²) in [5.74, 6) is -0.585. The highest BCUT2D eigenvalue weighted by molar-refractivity contribution is 5.80. The van der Waals surface area contributed by atoms with E-state index in [9.17, 15) is 25.2 Å². The van der Waals surface area contributed by atoms with E-state index in [1.54, 1.807) is 0 Å². The normalized spacial score (nSPS) is 14.3. The number of carbonyl (C=O) groups is 1. The van der Waals surface area contributed by atoms with Gasteiger partial charge in [0.05, 0.1) is 18.8 Å². The van der Waals surface area contributed by atoms with Gasteiger partial charge in [0, 0.05) is 0 Å². The number of aliphatic hydroxyl groups excluding tert-OH is 4. The fourth-order valence-corrected chi connectivity index (χ4v) is 6.70. The second-order valence-electron chi connectivity index (χ2n) is 14.7. The highest BCUT2D eigenvalue weighted by Crippen LogP contribution is 2.17. The molecule has 6 nitrogen and oxygen atoms in total. The van der Waals surface area contributed by atoms with Crippen LogP contribution in [0.3, 0.4) is 0 Å². The summed E-state index contributed by atoms with van der Waals surface area (Å²) < 4.78 is 0. The van der Waals surface area contributed by atoms with Gasteiger partial charge in [-0.15, -0.1) is 0 Å². The molecular formula is C41H83NO5. The predicted octanol–water partition coefficient (Wildman–Crippen LogP) is 10.5. The molecule has 0 spiro atoms. The van der Waals surface area contributed by atoms with Crippen molar-refractivity contribution >= 4 is 5.91 Å². The van der Waals surface area contributed by atoms with E-state index in [0.717, 1.165) is 38.5 Å². The molecule has 0 aliphatic carbocycles. The largest absolute Gasteiger partial charge is 0.394 e. The van der Waals surface area contributed by atoms with Crippen LogP contribution in [0.15, 0.2) is 0 Å². The summed E-state index contributed by atoms with van der Waals surface area (Å²) in [7, 11) is 0. The molecule has 4 atom stereocenters. The first-order valence-corrected chi connectivity index (χ1v) is 20.9. The molecule has 0 bridgehead atoms. The monoisotopic (exact) mass is 670 g/mol. The van der Waals surface area contributed by atoms with Crippen molar-refractivity contribution in [2.24, 2.45) is 0 Å². The van der Waals surface area contributed by atoms with Crippen LogP contribution in [0.2, 0.25) is 0 Å². The quantitative estimate of drug-likeness (QED) is 0.0420. The summed E-state index contributed by atoms with van der Waals surface area (Å²) in [5, 5.41) is 43.4. The van der Waals surface area contributed by atoms with Crippen LogP contribution in [0.5, 0.6) is 0 Å². The van der Waals surface area contributed by atoms with E-state index >= 15 is 0 Å². The second-order valence-corrected chi connectivity index (χ2v) is 14.7. The highest BCUT2D eigenvalue weighted by Gasteiger charge is 2.28. The van der Waals surface area contributed by atoms with E-state index in [0.29, 0.717) is 12.8 Å². The minimum Gasteiger partial charge on any atom is -0.394 e. The van der Waals surface area contributed by atoms with Gasteiger partial charge in [0.2, 0.25) is 5.91 Å². The molecule has 0 aliphatic heterocycles. The Labute approximate surface area is 292 Å². The summed E-state index contributed by atoms with van der Waals surface area (Å²) in [6.07, 6.45) is 37.3. The SMILES string of the molecule is CCCCCCCCCCCCCCCCCCCCCCCCCC(O)C(O)C(CO)NC(=O)C(O)CCCCCCCCCC. The average Bonchev–Trinajstić information content (AvgIpc) is 3.08. The first-order chi connectivity index (χ1) is 23.0. The maximum Gasteiger partial charge on any atom is 0.249 e. The summed E-state index contributed by atoms with van der Waals surface area (Å²) in [5.41, 5.74) is 0. The van der Waals surface area contributed by atoms with E-state index in [1.807, 2.05) is 0 Å². The highest BCUT2D eigenvalue weighted by atomic mass is 16.3. The van der Waals surface area contributed by atoms with Crippen LogP contribution in [0.1, 0.15) is 226 Å². The smallest absolute Gasteiger partial charge is 0.249 e. The van der Waals surface area contributed by atoms with Gasteiger partial charge in [0.25, 0.3) is 0 Å². The summed E-state index contributed by atoms with van der Waals surface area (Å²) >= 11 is 0. The van der Waals surface area contributed by atoms with E-state index < -0.39 is 36.9 Å². The molecule has 0 aromatic carbocycles. The fourth-order valence-electron chi connectivity index (χ4n) is 6.70. The van der Waals surface area contributed by atoms with Crippen LogP contribution in [-0.2, 0) is 4.79 Å². The molecule has 0 aromatic heterocycles. The number of nitrogens with one attached hydrogen (secondary N) is 1.